The van der Waals surface area contributed by atoms with Gasteiger partial charge in [0.15, 0.2) is 6.23 Å². The number of hydrogen-bond donors (Lipinski definition) is 0. The molecular formula is C21H27NO2. The van der Waals surface area contributed by atoms with Crippen LogP contribution in [0.15, 0.2) is 60.7 Å². The highest BCUT2D eigenvalue weighted by Gasteiger charge is 2.27. The molecule has 0 radical (unpaired) electrons. The summed E-state index contributed by atoms with van der Waals surface area (Å²) >= 11 is 0. The number of benzene rings is 2. The van der Waals surface area contributed by atoms with Gasteiger partial charge in [0.1, 0.15) is 5.92 Å². The van der Waals surface area contributed by atoms with Crippen molar-refractivity contribution in [2.24, 2.45) is 0 Å². The number of esters is 1. The van der Waals surface area contributed by atoms with Crippen molar-refractivity contribution in [1.29, 1.82) is 0 Å². The molecule has 24 heavy (non-hydrogen) atoms. The first-order chi connectivity index (χ1) is 11.7. The Kier molecular flexibility index (Phi) is 7.01. The second kappa shape index (κ2) is 9.24. The van der Waals surface area contributed by atoms with Gasteiger partial charge in [-0.15, -0.1) is 0 Å². The molecule has 2 aromatic rings. The first-order valence-corrected chi connectivity index (χ1v) is 8.75. The first-order valence-electron chi connectivity index (χ1n) is 8.75. The van der Waals surface area contributed by atoms with E-state index in [9.17, 15) is 4.79 Å². The Balaban J connectivity index is 2.29. The lowest BCUT2D eigenvalue weighted by atomic mass is 9.91. The van der Waals surface area contributed by atoms with E-state index >= 15 is 0 Å². The van der Waals surface area contributed by atoms with Crippen LogP contribution in [-0.2, 0) is 9.53 Å². The maximum absolute atomic E-state index is 13.0. The maximum Gasteiger partial charge on any atom is 0.319 e. The van der Waals surface area contributed by atoms with E-state index < -0.39 is 5.92 Å². The summed E-state index contributed by atoms with van der Waals surface area (Å²) in [7, 11) is 0. The molecule has 0 saturated carbocycles. The van der Waals surface area contributed by atoms with Crippen molar-refractivity contribution in [3.8, 4) is 0 Å². The molecule has 1 atom stereocenters. The van der Waals surface area contributed by atoms with E-state index in [2.05, 4.69) is 25.7 Å². The third-order valence-corrected chi connectivity index (χ3v) is 4.32. The molecule has 0 aliphatic rings. The lowest BCUT2D eigenvalue weighted by Crippen LogP contribution is -2.39. The fourth-order valence-corrected chi connectivity index (χ4v) is 3.00. The minimum atomic E-state index is -0.392. The summed E-state index contributed by atoms with van der Waals surface area (Å²) in [4.78, 5) is 15.2. The fourth-order valence-electron chi connectivity index (χ4n) is 3.00. The molecule has 0 fully saturated rings. The molecule has 0 aliphatic carbocycles. The molecule has 3 nitrogen and oxygen atoms in total. The van der Waals surface area contributed by atoms with Crippen molar-refractivity contribution in [1.82, 2.24) is 4.90 Å². The van der Waals surface area contributed by atoms with Crippen LogP contribution >= 0.6 is 0 Å². The average molecular weight is 325 g/mol. The van der Waals surface area contributed by atoms with Gasteiger partial charge in [0.05, 0.1) is 0 Å². The summed E-state index contributed by atoms with van der Waals surface area (Å²) in [5.74, 6) is -0.580. The molecule has 128 valence electrons. The van der Waals surface area contributed by atoms with Gasteiger partial charge < -0.3 is 4.74 Å². The van der Waals surface area contributed by atoms with Crippen LogP contribution < -0.4 is 0 Å². The summed E-state index contributed by atoms with van der Waals surface area (Å²) in [5.41, 5.74) is 1.92. The monoisotopic (exact) mass is 325 g/mol. The van der Waals surface area contributed by atoms with Crippen LogP contribution in [0.4, 0.5) is 0 Å². The SMILES string of the molecule is CCC(OC(=O)C(c1ccccc1)c1ccccc1)N(CC)CC. The van der Waals surface area contributed by atoms with Crippen molar-refractivity contribution in [3.63, 3.8) is 0 Å². The zero-order valence-corrected chi connectivity index (χ0v) is 14.8. The predicted molar refractivity (Wildman–Crippen MR) is 97.8 cm³/mol. The van der Waals surface area contributed by atoms with Crippen molar-refractivity contribution in [2.45, 2.75) is 39.3 Å². The number of carbonyl (C=O) groups excluding carboxylic acids is 1. The van der Waals surface area contributed by atoms with Crippen LogP contribution in [0.1, 0.15) is 44.2 Å². The molecule has 0 aliphatic heterocycles. The number of nitrogens with zero attached hydrogens (tertiary/aromatic N) is 1. The van der Waals surface area contributed by atoms with Gasteiger partial charge >= 0.3 is 5.97 Å². The molecular weight excluding hydrogens is 298 g/mol. The Labute approximate surface area is 145 Å². The van der Waals surface area contributed by atoms with Crippen LogP contribution in [0.25, 0.3) is 0 Å². The lowest BCUT2D eigenvalue weighted by Gasteiger charge is -2.30. The minimum Gasteiger partial charge on any atom is -0.446 e. The van der Waals surface area contributed by atoms with Crippen molar-refractivity contribution in [2.75, 3.05) is 13.1 Å². The number of carbonyl (C=O) groups is 1. The van der Waals surface area contributed by atoms with Crippen LogP contribution in [-0.4, -0.2) is 30.2 Å². The van der Waals surface area contributed by atoms with E-state index in [1.165, 1.54) is 0 Å². The van der Waals surface area contributed by atoms with Crippen LogP contribution in [0, 0.1) is 0 Å². The Bertz CT molecular complexity index is 569. The molecule has 0 heterocycles. The predicted octanol–water partition coefficient (Wildman–Crippen LogP) is 4.44. The van der Waals surface area contributed by atoms with Crippen molar-refractivity contribution < 1.29 is 9.53 Å². The highest BCUT2D eigenvalue weighted by atomic mass is 16.6. The topological polar surface area (TPSA) is 29.5 Å². The zero-order chi connectivity index (χ0) is 17.4. The van der Waals surface area contributed by atoms with Gasteiger partial charge in [-0.25, -0.2) is 0 Å². The second-order valence-corrected chi connectivity index (χ2v) is 5.78. The second-order valence-electron chi connectivity index (χ2n) is 5.78. The highest BCUT2D eigenvalue weighted by molar-refractivity contribution is 5.82. The third kappa shape index (κ3) is 4.45. The molecule has 1 unspecified atom stereocenters. The van der Waals surface area contributed by atoms with Gasteiger partial charge in [-0.1, -0.05) is 81.4 Å². The number of rotatable bonds is 8. The Morgan fingerprint density at radius 1 is 0.875 bits per heavy atom. The van der Waals surface area contributed by atoms with Crippen molar-refractivity contribution in [3.05, 3.63) is 71.8 Å². The first kappa shape index (κ1) is 18.2. The van der Waals surface area contributed by atoms with Crippen molar-refractivity contribution >= 4 is 5.97 Å². The van der Waals surface area contributed by atoms with E-state index in [0.29, 0.717) is 0 Å². The van der Waals surface area contributed by atoms with Crippen LogP contribution in [0.3, 0.4) is 0 Å². The van der Waals surface area contributed by atoms with E-state index in [4.69, 9.17) is 4.74 Å². The largest absolute Gasteiger partial charge is 0.446 e. The molecule has 0 bridgehead atoms. The lowest BCUT2D eigenvalue weighted by molar-refractivity contribution is -0.160. The average Bonchev–Trinajstić information content (AvgIpc) is 2.63. The third-order valence-electron chi connectivity index (χ3n) is 4.32. The van der Waals surface area contributed by atoms with Gasteiger partial charge in [0.25, 0.3) is 0 Å². The molecule has 3 heteroatoms. The van der Waals surface area contributed by atoms with E-state index in [1.54, 1.807) is 0 Å². The molecule has 0 saturated heterocycles. The molecule has 0 spiro atoms. The van der Waals surface area contributed by atoms with E-state index in [1.807, 2.05) is 60.7 Å². The summed E-state index contributed by atoms with van der Waals surface area (Å²) in [6.45, 7) is 7.96. The van der Waals surface area contributed by atoms with Gasteiger partial charge in [-0.2, -0.15) is 0 Å². The molecule has 0 N–H and O–H groups in total. The smallest absolute Gasteiger partial charge is 0.319 e. The maximum atomic E-state index is 13.0. The van der Waals surface area contributed by atoms with Crippen LogP contribution in [0.5, 0.6) is 0 Å². The molecule has 0 aromatic heterocycles. The Morgan fingerprint density at radius 2 is 1.33 bits per heavy atom. The standard InChI is InChI=1S/C21H27NO2/c1-4-19(22(5-2)6-3)24-21(23)20(17-13-9-7-10-14-17)18-15-11-8-12-16-18/h7-16,19-20H,4-6H2,1-3H3. The van der Waals surface area contributed by atoms with Gasteiger partial charge in [-0.3, -0.25) is 9.69 Å². The number of hydrogen-bond acceptors (Lipinski definition) is 3. The molecule has 2 aromatic carbocycles. The quantitative estimate of drug-likeness (QED) is 0.531. The Hall–Kier alpha value is -2.13. The minimum absolute atomic E-state index is 0.178. The zero-order valence-electron chi connectivity index (χ0n) is 14.8. The Morgan fingerprint density at radius 3 is 1.71 bits per heavy atom. The molecule has 2 rings (SSSR count). The van der Waals surface area contributed by atoms with E-state index in [0.717, 1.165) is 30.6 Å². The summed E-state index contributed by atoms with van der Waals surface area (Å²) in [6.07, 6.45) is 0.603. The molecule has 0 amide bonds. The van der Waals surface area contributed by atoms with Gasteiger partial charge in [-0.05, 0) is 30.6 Å². The number of ether oxygens (including phenoxy) is 1. The van der Waals surface area contributed by atoms with Crippen LogP contribution in [0.2, 0.25) is 0 Å². The fraction of sp³-hybridized carbons (Fsp3) is 0.381. The summed E-state index contributed by atoms with van der Waals surface area (Å²) in [6, 6.07) is 19.7. The normalized spacial score (nSPS) is 12.4. The van der Waals surface area contributed by atoms with Gasteiger partial charge in [0, 0.05) is 0 Å². The van der Waals surface area contributed by atoms with Gasteiger partial charge in [0.2, 0.25) is 0 Å². The van der Waals surface area contributed by atoms with E-state index in [-0.39, 0.29) is 12.2 Å². The summed E-state index contributed by atoms with van der Waals surface area (Å²) < 4.78 is 5.90. The highest BCUT2D eigenvalue weighted by Crippen LogP contribution is 2.27. The summed E-state index contributed by atoms with van der Waals surface area (Å²) in [5, 5.41) is 0.